The maximum Gasteiger partial charge on any atom is 2.00 e. The molecule has 0 aliphatic heterocycles. The average Bonchev–Trinajstić information content (AvgIpc) is 2.57. The molecule has 0 N–H and O–H groups in total. The van der Waals surface area contributed by atoms with Crippen molar-refractivity contribution >= 4 is 11.9 Å². The van der Waals surface area contributed by atoms with E-state index in [0.29, 0.717) is 0 Å². The van der Waals surface area contributed by atoms with Crippen LogP contribution in [-0.2, 0) is 29.1 Å². The van der Waals surface area contributed by atoms with E-state index in [4.69, 9.17) is 9.59 Å². The van der Waals surface area contributed by atoms with Crippen LogP contribution in [0.3, 0.4) is 0 Å². The molecule has 0 aliphatic rings. The van der Waals surface area contributed by atoms with Crippen molar-refractivity contribution in [3.63, 3.8) is 0 Å². The molecular weight excluding hydrogens is 241 g/mol. The predicted molar refractivity (Wildman–Crippen MR) is 41.2 cm³/mol. The molecule has 1 aromatic rings. The summed E-state index contributed by atoms with van der Waals surface area (Å²) in [6, 6.07) is 10.0. The van der Waals surface area contributed by atoms with Crippen molar-refractivity contribution in [2.45, 2.75) is 0 Å². The van der Waals surface area contributed by atoms with Gasteiger partial charge in [-0.25, -0.2) is 12.1 Å². The van der Waals surface area contributed by atoms with Crippen LogP contribution in [-0.4, -0.2) is 11.9 Å². The predicted octanol–water partition coefficient (Wildman–Crippen LogP) is 0.968. The van der Waals surface area contributed by atoms with Gasteiger partial charge in [0.25, 0.3) is 0 Å². The second-order valence-corrected chi connectivity index (χ2v) is 1.47. The number of allylic oxidation sites excluding steroid dienone is 2. The summed E-state index contributed by atoms with van der Waals surface area (Å²) in [4.78, 5) is 18.3. The van der Waals surface area contributed by atoms with Crippen molar-refractivity contribution in [1.29, 1.82) is 0 Å². The molecule has 0 atom stereocenters. The summed E-state index contributed by atoms with van der Waals surface area (Å²) < 4.78 is 0. The van der Waals surface area contributed by atoms with Crippen LogP contribution in [0.2, 0.25) is 0 Å². The van der Waals surface area contributed by atoms with E-state index in [1.54, 1.807) is 0 Å². The van der Waals surface area contributed by atoms with E-state index in [0.717, 1.165) is 6.08 Å². The second-order valence-electron chi connectivity index (χ2n) is 1.47. The van der Waals surface area contributed by atoms with Gasteiger partial charge in [-0.15, -0.1) is 12.0 Å². The summed E-state index contributed by atoms with van der Waals surface area (Å²) in [5.74, 6) is 2.57. The molecule has 0 fully saturated rings. The first-order valence-electron chi connectivity index (χ1n) is 2.90. The monoisotopic (exact) mass is 248 g/mol. The molecule has 0 aromatic heterocycles. The molecule has 0 aliphatic carbocycles. The van der Waals surface area contributed by atoms with Crippen LogP contribution in [0.1, 0.15) is 0 Å². The molecule has 0 amide bonds. The van der Waals surface area contributed by atoms with Crippen molar-refractivity contribution in [3.8, 4) is 0 Å². The van der Waals surface area contributed by atoms with E-state index in [9.17, 15) is 0 Å². The molecule has 1 aromatic carbocycles. The zero-order chi connectivity index (χ0) is 8.36. The summed E-state index contributed by atoms with van der Waals surface area (Å²) in [5.41, 5.74) is 0. The van der Waals surface area contributed by atoms with E-state index < -0.39 is 0 Å². The number of hydrogen-bond acceptors (Lipinski definition) is 2. The van der Waals surface area contributed by atoms with E-state index in [1.165, 1.54) is 11.9 Å². The molecule has 0 saturated carbocycles. The van der Waals surface area contributed by atoms with E-state index in [1.807, 2.05) is 36.4 Å². The van der Waals surface area contributed by atoms with Crippen molar-refractivity contribution in [3.05, 3.63) is 42.5 Å². The van der Waals surface area contributed by atoms with Crippen molar-refractivity contribution < 1.29 is 29.1 Å². The minimum absolute atomic E-state index is 0. The van der Waals surface area contributed by atoms with Gasteiger partial charge in [0.05, 0.1) is 0 Å². The fraction of sp³-hybridized carbons (Fsp3) is 0. The normalized spacial score (nSPS) is 5.67. The van der Waals surface area contributed by atoms with Crippen molar-refractivity contribution in [1.82, 2.24) is 0 Å². The Hall–Kier alpha value is -1.13. The van der Waals surface area contributed by atoms with Gasteiger partial charge in [-0.1, -0.05) is 0 Å². The Labute approximate surface area is 83.7 Å². The molecule has 12 heavy (non-hydrogen) atoms. The molecule has 1 rings (SSSR count). The Balaban J connectivity index is 0. The van der Waals surface area contributed by atoms with Crippen molar-refractivity contribution in [2.24, 2.45) is 0 Å². The third-order valence-electron chi connectivity index (χ3n) is 0.746. The van der Waals surface area contributed by atoms with Crippen LogP contribution in [0.5, 0.6) is 0 Å². The topological polar surface area (TPSA) is 34.1 Å². The van der Waals surface area contributed by atoms with Crippen molar-refractivity contribution in [2.75, 3.05) is 0 Å². The third-order valence-corrected chi connectivity index (χ3v) is 0.746. The number of hydrogen-bond donors (Lipinski definition) is 0. The van der Waals surface area contributed by atoms with Crippen LogP contribution in [0.4, 0.5) is 0 Å². The molecule has 0 unspecified atom stereocenters. The van der Waals surface area contributed by atoms with E-state index >= 15 is 0 Å². The van der Waals surface area contributed by atoms with Gasteiger partial charge in [0.15, 0.2) is 0 Å². The zero-order valence-corrected chi connectivity index (χ0v) is 7.87. The van der Waals surface area contributed by atoms with Gasteiger partial charge in [0, 0.05) is 5.94 Å². The fourth-order valence-electron chi connectivity index (χ4n) is 0.380. The summed E-state index contributed by atoms with van der Waals surface area (Å²) in [7, 11) is 0. The minimum atomic E-state index is 0. The minimum Gasteiger partial charge on any atom is -0.365 e. The fourth-order valence-corrected chi connectivity index (χ4v) is 0.380. The number of rotatable bonds is 1. The molecule has 62 valence electrons. The SMILES string of the molecule is O=C=[C-]C=C=O.[Ru+2].c1cc[cH-]c1. The maximum absolute atomic E-state index is 9.14. The summed E-state index contributed by atoms with van der Waals surface area (Å²) in [5, 5.41) is 0. The van der Waals surface area contributed by atoms with Gasteiger partial charge in [-0.3, -0.25) is 4.79 Å². The van der Waals surface area contributed by atoms with Gasteiger partial charge < -0.3 is 4.79 Å². The Bertz CT molecular complexity index is 219. The molecule has 0 heterocycles. The average molecular weight is 247 g/mol. The zero-order valence-electron chi connectivity index (χ0n) is 6.13. The van der Waals surface area contributed by atoms with Gasteiger partial charge in [-0.2, -0.15) is 24.3 Å². The van der Waals surface area contributed by atoms with Gasteiger partial charge >= 0.3 is 19.5 Å². The molecule has 2 nitrogen and oxygen atoms in total. The molecule has 0 radical (unpaired) electrons. The molecule has 0 saturated heterocycles. The summed E-state index contributed by atoms with van der Waals surface area (Å²) >= 11 is 0. The quantitative estimate of drug-likeness (QED) is 0.321. The second kappa shape index (κ2) is 12.5. The van der Waals surface area contributed by atoms with Crippen LogP contribution < -0.4 is 0 Å². The van der Waals surface area contributed by atoms with Crippen LogP contribution in [0.15, 0.2) is 36.4 Å². The number of carbonyl (C=O) groups excluding carboxylic acids is 2. The van der Waals surface area contributed by atoms with Crippen LogP contribution in [0, 0.1) is 6.08 Å². The van der Waals surface area contributed by atoms with Gasteiger partial charge in [0.2, 0.25) is 0 Å². The van der Waals surface area contributed by atoms with E-state index in [-0.39, 0.29) is 19.5 Å². The van der Waals surface area contributed by atoms with Gasteiger partial charge in [-0.05, 0) is 0 Å². The van der Waals surface area contributed by atoms with Crippen LogP contribution in [0.25, 0.3) is 0 Å². The molecule has 3 heteroatoms. The Morgan fingerprint density at radius 2 is 1.83 bits per heavy atom. The Kier molecular flexibility index (Phi) is 14.1. The third kappa shape index (κ3) is 11.6. The molecule has 0 bridgehead atoms. The summed E-state index contributed by atoms with van der Waals surface area (Å²) in [6.45, 7) is 0. The smallest absolute Gasteiger partial charge is 0.365 e. The Morgan fingerprint density at radius 1 is 1.25 bits per heavy atom. The summed E-state index contributed by atoms with van der Waals surface area (Å²) in [6.07, 6.45) is 2.67. The first kappa shape index (κ1) is 13.5. The van der Waals surface area contributed by atoms with Gasteiger partial charge in [0.1, 0.15) is 0 Å². The first-order chi connectivity index (χ1) is 5.41. The molecule has 0 spiro atoms. The first-order valence-corrected chi connectivity index (χ1v) is 2.90. The largest absolute Gasteiger partial charge is 2.00 e. The Morgan fingerprint density at radius 3 is 2.00 bits per heavy atom. The standard InChI is InChI=1S/C5H5.C4HO2.Ru/c1-2-4-5-3-1;5-3-1-2-4-6;/h1-5H;1H;/q2*-1;+2. The van der Waals surface area contributed by atoms with E-state index in [2.05, 4.69) is 0 Å². The molecular formula is C9H6O2Ru. The van der Waals surface area contributed by atoms with Crippen LogP contribution >= 0.6 is 0 Å². The maximum atomic E-state index is 9.14.